The second-order valence-electron chi connectivity index (χ2n) is 6.49. The highest BCUT2D eigenvalue weighted by atomic mass is 16.5. The number of carbonyl (C=O) groups excluding carboxylic acids is 1. The second-order valence-corrected chi connectivity index (χ2v) is 6.49. The van der Waals surface area contributed by atoms with Gasteiger partial charge < -0.3 is 20.1 Å². The molecule has 0 aliphatic carbocycles. The predicted octanol–water partition coefficient (Wildman–Crippen LogP) is 4.23. The minimum atomic E-state index is -0.335. The third-order valence-electron chi connectivity index (χ3n) is 4.38. The SMILES string of the molecule is COc1ccc(NC(=O)c2cc(NC(C)c3ccccc3)nc(C)n2)cc1OC. The summed E-state index contributed by atoms with van der Waals surface area (Å²) in [5.74, 6) is 1.88. The molecule has 1 aromatic heterocycles. The normalized spacial score (nSPS) is 11.4. The first-order valence-corrected chi connectivity index (χ1v) is 9.20. The number of ether oxygens (including phenoxy) is 2. The topological polar surface area (TPSA) is 85.4 Å². The second kappa shape index (κ2) is 9.05. The van der Waals surface area contributed by atoms with Crippen molar-refractivity contribution in [2.45, 2.75) is 19.9 Å². The summed E-state index contributed by atoms with van der Waals surface area (Å²) in [6.45, 7) is 3.79. The molecule has 0 fully saturated rings. The average Bonchev–Trinajstić information content (AvgIpc) is 2.73. The molecule has 0 spiro atoms. The van der Waals surface area contributed by atoms with E-state index in [4.69, 9.17) is 9.47 Å². The van der Waals surface area contributed by atoms with Crippen molar-refractivity contribution in [2.24, 2.45) is 0 Å². The molecule has 0 aliphatic rings. The first-order valence-electron chi connectivity index (χ1n) is 9.20. The lowest BCUT2D eigenvalue weighted by molar-refractivity contribution is 0.102. The van der Waals surface area contributed by atoms with Crippen LogP contribution in [0.15, 0.2) is 54.6 Å². The van der Waals surface area contributed by atoms with Crippen LogP contribution in [-0.4, -0.2) is 30.1 Å². The molecule has 2 aromatic carbocycles. The predicted molar refractivity (Wildman–Crippen MR) is 113 cm³/mol. The van der Waals surface area contributed by atoms with E-state index in [0.717, 1.165) is 5.56 Å². The van der Waals surface area contributed by atoms with Crippen LogP contribution in [0.4, 0.5) is 11.5 Å². The monoisotopic (exact) mass is 392 g/mol. The number of amides is 1. The Morgan fingerprint density at radius 1 is 0.966 bits per heavy atom. The van der Waals surface area contributed by atoms with Gasteiger partial charge in [0.15, 0.2) is 11.5 Å². The number of aryl methyl sites for hydroxylation is 1. The zero-order valence-electron chi connectivity index (χ0n) is 16.9. The van der Waals surface area contributed by atoms with Gasteiger partial charge >= 0.3 is 0 Å². The van der Waals surface area contributed by atoms with Crippen LogP contribution in [-0.2, 0) is 0 Å². The lowest BCUT2D eigenvalue weighted by atomic mass is 10.1. The van der Waals surface area contributed by atoms with Crippen LogP contribution in [0.5, 0.6) is 11.5 Å². The van der Waals surface area contributed by atoms with Crippen LogP contribution in [0.25, 0.3) is 0 Å². The summed E-state index contributed by atoms with van der Waals surface area (Å²) >= 11 is 0. The quantitative estimate of drug-likeness (QED) is 0.626. The Kier molecular flexibility index (Phi) is 6.29. The van der Waals surface area contributed by atoms with Crippen molar-refractivity contribution in [1.29, 1.82) is 0 Å². The molecular formula is C22H24N4O3. The van der Waals surface area contributed by atoms with E-state index in [1.807, 2.05) is 37.3 Å². The lowest BCUT2D eigenvalue weighted by Crippen LogP contribution is -2.16. The molecule has 3 rings (SSSR count). The highest BCUT2D eigenvalue weighted by molar-refractivity contribution is 6.03. The van der Waals surface area contributed by atoms with Gasteiger partial charge in [-0.25, -0.2) is 9.97 Å². The molecule has 7 nitrogen and oxygen atoms in total. The number of methoxy groups -OCH3 is 2. The van der Waals surface area contributed by atoms with Crippen LogP contribution in [0, 0.1) is 6.92 Å². The first-order chi connectivity index (χ1) is 14.0. The molecule has 1 amide bonds. The first kappa shape index (κ1) is 20.1. The minimum absolute atomic E-state index is 0.0345. The van der Waals surface area contributed by atoms with Crippen molar-refractivity contribution < 1.29 is 14.3 Å². The van der Waals surface area contributed by atoms with Gasteiger partial charge in [0.25, 0.3) is 5.91 Å². The van der Waals surface area contributed by atoms with Gasteiger partial charge in [-0.2, -0.15) is 0 Å². The number of aromatic nitrogens is 2. The standard InChI is InChI=1S/C22H24N4O3/c1-14(16-8-6-5-7-9-16)23-21-13-18(24-15(2)25-21)22(27)26-17-10-11-19(28-3)20(12-17)29-4/h5-14H,1-4H3,(H,26,27)(H,23,24,25). The van der Waals surface area contributed by atoms with Gasteiger partial charge in [0, 0.05) is 23.9 Å². The Morgan fingerprint density at radius 2 is 1.69 bits per heavy atom. The maximum Gasteiger partial charge on any atom is 0.274 e. The van der Waals surface area contributed by atoms with Crippen LogP contribution in [0.2, 0.25) is 0 Å². The van der Waals surface area contributed by atoms with Crippen LogP contribution >= 0.6 is 0 Å². The van der Waals surface area contributed by atoms with Gasteiger partial charge in [0.2, 0.25) is 0 Å². The molecule has 150 valence electrons. The Bertz CT molecular complexity index is 993. The van der Waals surface area contributed by atoms with Crippen LogP contribution in [0.1, 0.15) is 34.8 Å². The third-order valence-corrected chi connectivity index (χ3v) is 4.38. The summed E-state index contributed by atoms with van der Waals surface area (Å²) in [5.41, 5.74) is 1.98. The Morgan fingerprint density at radius 3 is 2.38 bits per heavy atom. The summed E-state index contributed by atoms with van der Waals surface area (Å²) < 4.78 is 10.5. The molecule has 7 heteroatoms. The number of nitrogens with zero attached hydrogens (tertiary/aromatic N) is 2. The van der Waals surface area contributed by atoms with E-state index in [1.165, 1.54) is 0 Å². The summed E-state index contributed by atoms with van der Waals surface area (Å²) in [7, 11) is 3.10. The fourth-order valence-electron chi connectivity index (χ4n) is 2.91. The number of hydrogen-bond donors (Lipinski definition) is 2. The molecule has 2 N–H and O–H groups in total. The molecule has 1 unspecified atom stereocenters. The van der Waals surface area contributed by atoms with Crippen molar-refractivity contribution in [3.05, 3.63) is 71.7 Å². The zero-order valence-corrected chi connectivity index (χ0v) is 16.9. The van der Waals surface area contributed by atoms with Gasteiger partial charge in [-0.15, -0.1) is 0 Å². The number of hydrogen-bond acceptors (Lipinski definition) is 6. The maximum absolute atomic E-state index is 12.7. The maximum atomic E-state index is 12.7. The number of rotatable bonds is 7. The van der Waals surface area contributed by atoms with Crippen molar-refractivity contribution in [3.63, 3.8) is 0 Å². The van der Waals surface area contributed by atoms with Gasteiger partial charge in [0.05, 0.1) is 14.2 Å². The molecule has 3 aromatic rings. The smallest absolute Gasteiger partial charge is 0.274 e. The van der Waals surface area contributed by atoms with Crippen molar-refractivity contribution >= 4 is 17.4 Å². The van der Waals surface area contributed by atoms with E-state index in [0.29, 0.717) is 28.8 Å². The van der Waals surface area contributed by atoms with Crippen molar-refractivity contribution in [3.8, 4) is 11.5 Å². The molecule has 0 saturated heterocycles. The summed E-state index contributed by atoms with van der Waals surface area (Å²) in [6.07, 6.45) is 0. The lowest BCUT2D eigenvalue weighted by Gasteiger charge is -2.16. The fourth-order valence-corrected chi connectivity index (χ4v) is 2.91. The molecule has 0 saturated carbocycles. The third kappa shape index (κ3) is 5.01. The molecule has 1 heterocycles. The number of nitrogens with one attached hydrogen (secondary N) is 2. The molecule has 0 aliphatic heterocycles. The Labute approximate surface area is 170 Å². The van der Waals surface area contributed by atoms with E-state index < -0.39 is 0 Å². The highest BCUT2D eigenvalue weighted by Crippen LogP contribution is 2.30. The molecule has 29 heavy (non-hydrogen) atoms. The van der Waals surface area contributed by atoms with Gasteiger partial charge in [-0.1, -0.05) is 30.3 Å². The van der Waals surface area contributed by atoms with E-state index in [-0.39, 0.29) is 17.6 Å². The van der Waals surface area contributed by atoms with Gasteiger partial charge in [-0.05, 0) is 31.5 Å². The zero-order chi connectivity index (χ0) is 20.8. The van der Waals surface area contributed by atoms with E-state index >= 15 is 0 Å². The van der Waals surface area contributed by atoms with Crippen molar-refractivity contribution in [2.75, 3.05) is 24.9 Å². The van der Waals surface area contributed by atoms with Gasteiger partial charge in [0.1, 0.15) is 17.3 Å². The summed E-state index contributed by atoms with van der Waals surface area (Å²) in [5, 5.41) is 6.15. The number of anilines is 2. The fraction of sp³-hybridized carbons (Fsp3) is 0.227. The number of carbonyl (C=O) groups is 1. The van der Waals surface area contributed by atoms with Crippen LogP contribution < -0.4 is 20.1 Å². The highest BCUT2D eigenvalue weighted by Gasteiger charge is 2.14. The van der Waals surface area contributed by atoms with E-state index in [1.54, 1.807) is 45.4 Å². The molecular weight excluding hydrogens is 368 g/mol. The van der Waals surface area contributed by atoms with Crippen molar-refractivity contribution in [1.82, 2.24) is 9.97 Å². The molecule has 0 radical (unpaired) electrons. The van der Waals surface area contributed by atoms with E-state index in [9.17, 15) is 4.79 Å². The molecule has 1 atom stereocenters. The Hall–Kier alpha value is -3.61. The number of benzene rings is 2. The largest absolute Gasteiger partial charge is 0.493 e. The molecule has 0 bridgehead atoms. The van der Waals surface area contributed by atoms with Gasteiger partial charge in [-0.3, -0.25) is 4.79 Å². The Balaban J connectivity index is 1.77. The van der Waals surface area contributed by atoms with E-state index in [2.05, 4.69) is 20.6 Å². The summed E-state index contributed by atoms with van der Waals surface area (Å²) in [4.78, 5) is 21.4. The minimum Gasteiger partial charge on any atom is -0.493 e. The van der Waals surface area contributed by atoms with Crippen LogP contribution in [0.3, 0.4) is 0 Å². The average molecular weight is 392 g/mol. The summed E-state index contributed by atoms with van der Waals surface area (Å²) in [6, 6.07) is 16.9.